The summed E-state index contributed by atoms with van der Waals surface area (Å²) in [5, 5.41) is 2.82. The van der Waals surface area contributed by atoms with Crippen LogP contribution in [0.5, 0.6) is 0 Å². The number of anilines is 1. The minimum atomic E-state index is -4.59. The zero-order valence-electron chi connectivity index (χ0n) is 13.0. The Morgan fingerprint density at radius 3 is 2.62 bits per heavy atom. The maximum Gasteiger partial charge on any atom is 0.434 e. The predicted octanol–water partition coefficient (Wildman–Crippen LogP) is 2.16. The Kier molecular flexibility index (Phi) is 4.39. The highest BCUT2D eigenvalue weighted by Crippen LogP contribution is 2.36. The SMILES string of the molecule is CC1(C)O[C@@H]2[C@H](O1)[C@@H](Nc1cncc(C(F)(F)F)n1)CO[C@@H]2CF. The Hall–Kier alpha value is -1.52. The van der Waals surface area contributed by atoms with Gasteiger partial charge in [-0.05, 0) is 13.8 Å². The smallest absolute Gasteiger partial charge is 0.370 e. The van der Waals surface area contributed by atoms with Crippen molar-refractivity contribution in [1.29, 1.82) is 0 Å². The lowest BCUT2D eigenvalue weighted by atomic mass is 9.99. The van der Waals surface area contributed by atoms with E-state index in [1.165, 1.54) is 6.20 Å². The van der Waals surface area contributed by atoms with Crippen molar-refractivity contribution >= 4 is 5.82 Å². The van der Waals surface area contributed by atoms with Crippen molar-refractivity contribution in [3.63, 3.8) is 0 Å². The van der Waals surface area contributed by atoms with Crippen molar-refractivity contribution in [1.82, 2.24) is 9.97 Å². The molecule has 0 bridgehead atoms. The van der Waals surface area contributed by atoms with Gasteiger partial charge in [0.25, 0.3) is 0 Å². The van der Waals surface area contributed by atoms with Gasteiger partial charge in [0.2, 0.25) is 0 Å². The van der Waals surface area contributed by atoms with Gasteiger partial charge in [0, 0.05) is 0 Å². The van der Waals surface area contributed by atoms with E-state index in [0.717, 1.165) is 0 Å². The van der Waals surface area contributed by atoms with Gasteiger partial charge in [0.15, 0.2) is 11.5 Å². The van der Waals surface area contributed by atoms with Crippen LogP contribution < -0.4 is 5.32 Å². The first-order chi connectivity index (χ1) is 11.2. The molecule has 0 aromatic carbocycles. The summed E-state index contributed by atoms with van der Waals surface area (Å²) < 4.78 is 68.1. The number of hydrogen-bond acceptors (Lipinski definition) is 6. The van der Waals surface area contributed by atoms with Crippen molar-refractivity contribution in [3.05, 3.63) is 18.1 Å². The van der Waals surface area contributed by atoms with Crippen molar-refractivity contribution in [2.24, 2.45) is 0 Å². The molecule has 24 heavy (non-hydrogen) atoms. The molecule has 0 amide bonds. The lowest BCUT2D eigenvalue weighted by Gasteiger charge is -2.36. The number of hydrogen-bond donors (Lipinski definition) is 1. The van der Waals surface area contributed by atoms with E-state index in [1.807, 2.05) is 0 Å². The topological polar surface area (TPSA) is 65.5 Å². The molecule has 10 heteroatoms. The van der Waals surface area contributed by atoms with Gasteiger partial charge in [-0.25, -0.2) is 9.37 Å². The summed E-state index contributed by atoms with van der Waals surface area (Å²) in [5.41, 5.74) is -1.11. The molecule has 0 unspecified atom stereocenters. The number of nitrogens with one attached hydrogen (secondary N) is 1. The third kappa shape index (κ3) is 3.45. The van der Waals surface area contributed by atoms with Gasteiger partial charge in [-0.3, -0.25) is 4.98 Å². The van der Waals surface area contributed by atoms with E-state index in [-0.39, 0.29) is 12.4 Å². The van der Waals surface area contributed by atoms with Crippen LogP contribution in [0.1, 0.15) is 19.5 Å². The Labute approximate surface area is 135 Å². The molecule has 0 spiro atoms. The summed E-state index contributed by atoms with van der Waals surface area (Å²) in [4.78, 5) is 7.05. The number of ether oxygens (including phenoxy) is 3. The first-order valence-electron chi connectivity index (χ1n) is 7.38. The quantitative estimate of drug-likeness (QED) is 0.842. The van der Waals surface area contributed by atoms with Crippen molar-refractivity contribution in [2.75, 3.05) is 18.6 Å². The summed E-state index contributed by atoms with van der Waals surface area (Å²) in [6.45, 7) is 2.67. The lowest BCUT2D eigenvalue weighted by Crippen LogP contribution is -2.55. The molecule has 2 saturated heterocycles. The van der Waals surface area contributed by atoms with Gasteiger partial charge in [-0.2, -0.15) is 13.2 Å². The van der Waals surface area contributed by atoms with Gasteiger partial charge in [-0.1, -0.05) is 0 Å². The van der Waals surface area contributed by atoms with E-state index in [4.69, 9.17) is 14.2 Å². The van der Waals surface area contributed by atoms with Crippen molar-refractivity contribution < 1.29 is 31.8 Å². The lowest BCUT2D eigenvalue weighted by molar-refractivity contribution is -0.155. The van der Waals surface area contributed by atoms with Crippen molar-refractivity contribution in [2.45, 2.75) is 50.2 Å². The first kappa shape index (κ1) is 17.3. The van der Waals surface area contributed by atoms with Gasteiger partial charge < -0.3 is 19.5 Å². The second-order valence-corrected chi connectivity index (χ2v) is 6.13. The van der Waals surface area contributed by atoms with E-state index >= 15 is 0 Å². The molecule has 3 heterocycles. The Bertz CT molecular complexity index is 599. The summed E-state index contributed by atoms with van der Waals surface area (Å²) in [5.74, 6) is -1.00. The van der Waals surface area contributed by atoms with Gasteiger partial charge in [0.1, 0.15) is 30.8 Å². The molecule has 3 rings (SSSR count). The summed E-state index contributed by atoms with van der Waals surface area (Å²) in [6, 6.07) is -0.544. The Morgan fingerprint density at radius 2 is 1.96 bits per heavy atom. The van der Waals surface area contributed by atoms with Crippen LogP contribution in [0.4, 0.5) is 23.4 Å². The minimum absolute atomic E-state index is 0.0487. The highest BCUT2D eigenvalue weighted by Gasteiger charge is 2.52. The second kappa shape index (κ2) is 6.08. The third-order valence-corrected chi connectivity index (χ3v) is 3.83. The largest absolute Gasteiger partial charge is 0.434 e. The number of fused-ring (bicyclic) bond motifs is 1. The molecular weight excluding hydrogens is 334 g/mol. The Balaban J connectivity index is 1.78. The molecule has 4 atom stereocenters. The molecule has 1 aromatic rings. The van der Waals surface area contributed by atoms with Crippen LogP contribution in [-0.2, 0) is 20.4 Å². The van der Waals surface area contributed by atoms with Gasteiger partial charge in [0.05, 0.1) is 25.0 Å². The fourth-order valence-electron chi connectivity index (χ4n) is 2.85. The molecular formula is C14H17F4N3O3. The highest BCUT2D eigenvalue weighted by atomic mass is 19.4. The fourth-order valence-corrected chi connectivity index (χ4v) is 2.85. The van der Waals surface area contributed by atoms with Crippen LogP contribution in [-0.4, -0.2) is 53.4 Å². The van der Waals surface area contributed by atoms with E-state index < -0.39 is 48.7 Å². The van der Waals surface area contributed by atoms with E-state index in [2.05, 4.69) is 15.3 Å². The molecule has 0 saturated carbocycles. The molecule has 2 aliphatic heterocycles. The summed E-state index contributed by atoms with van der Waals surface area (Å²) in [7, 11) is 0. The highest BCUT2D eigenvalue weighted by molar-refractivity contribution is 5.35. The van der Waals surface area contributed by atoms with E-state index in [9.17, 15) is 17.6 Å². The van der Waals surface area contributed by atoms with Crippen LogP contribution in [0.15, 0.2) is 12.4 Å². The van der Waals surface area contributed by atoms with Gasteiger partial charge >= 0.3 is 6.18 Å². The van der Waals surface area contributed by atoms with E-state index in [1.54, 1.807) is 13.8 Å². The fraction of sp³-hybridized carbons (Fsp3) is 0.714. The van der Waals surface area contributed by atoms with Crippen LogP contribution >= 0.6 is 0 Å². The molecule has 134 valence electrons. The zero-order chi connectivity index (χ0) is 17.5. The molecule has 2 fully saturated rings. The zero-order valence-corrected chi connectivity index (χ0v) is 13.0. The number of halogens is 4. The van der Waals surface area contributed by atoms with Gasteiger partial charge in [-0.15, -0.1) is 0 Å². The number of rotatable bonds is 3. The second-order valence-electron chi connectivity index (χ2n) is 6.13. The molecule has 1 N–H and O–H groups in total. The predicted molar refractivity (Wildman–Crippen MR) is 74.0 cm³/mol. The minimum Gasteiger partial charge on any atom is -0.370 e. The third-order valence-electron chi connectivity index (χ3n) is 3.83. The molecule has 0 radical (unpaired) electrons. The van der Waals surface area contributed by atoms with E-state index in [0.29, 0.717) is 6.20 Å². The van der Waals surface area contributed by atoms with Crippen LogP contribution in [0.3, 0.4) is 0 Å². The first-order valence-corrected chi connectivity index (χ1v) is 7.38. The van der Waals surface area contributed by atoms with Crippen molar-refractivity contribution in [3.8, 4) is 0 Å². The normalized spacial score (nSPS) is 32.4. The molecule has 2 aliphatic rings. The van der Waals surface area contributed by atoms with Crippen LogP contribution in [0.25, 0.3) is 0 Å². The monoisotopic (exact) mass is 351 g/mol. The maximum atomic E-state index is 13.1. The average Bonchev–Trinajstić information content (AvgIpc) is 2.83. The van der Waals surface area contributed by atoms with Crippen LogP contribution in [0.2, 0.25) is 0 Å². The number of aromatic nitrogens is 2. The molecule has 1 aromatic heterocycles. The molecule has 6 nitrogen and oxygen atoms in total. The summed E-state index contributed by atoms with van der Waals surface area (Å²) >= 11 is 0. The average molecular weight is 351 g/mol. The maximum absolute atomic E-state index is 13.1. The van der Waals surface area contributed by atoms with Crippen LogP contribution in [0, 0.1) is 0 Å². The standard InChI is InChI=1S/C14H17F4N3O3/c1-13(2)23-11-7(6-22-8(3-15)12(11)24-13)20-10-5-19-4-9(21-10)14(16,17)18/h4-5,7-8,11-12H,3,6H2,1-2H3,(H,20,21)/t7-,8+,11+,12-/m0/s1. The molecule has 0 aliphatic carbocycles. The number of nitrogens with zero attached hydrogens (tertiary/aromatic N) is 2. The summed E-state index contributed by atoms with van der Waals surface area (Å²) in [6.07, 6.45) is -4.79. The Morgan fingerprint density at radius 1 is 1.25 bits per heavy atom. The number of alkyl halides is 4.